The van der Waals surface area contributed by atoms with E-state index in [4.69, 9.17) is 0 Å². The summed E-state index contributed by atoms with van der Waals surface area (Å²) in [6.45, 7) is 3.86. The maximum Gasteiger partial charge on any atom is 0.126 e. The van der Waals surface area contributed by atoms with Crippen molar-refractivity contribution in [3.63, 3.8) is 0 Å². The van der Waals surface area contributed by atoms with Gasteiger partial charge in [-0.25, -0.2) is 4.39 Å². The molecule has 0 aliphatic carbocycles. The largest absolute Gasteiger partial charge is 0.309 e. The fourth-order valence-corrected chi connectivity index (χ4v) is 2.13. The minimum Gasteiger partial charge on any atom is -0.309 e. The molecule has 0 aliphatic heterocycles. The number of nitrogens with one attached hydrogen (secondary N) is 1. The third kappa shape index (κ3) is 2.59. The van der Waals surface area contributed by atoms with Gasteiger partial charge in [-0.3, -0.25) is 0 Å². The van der Waals surface area contributed by atoms with Gasteiger partial charge >= 0.3 is 0 Å². The first kappa shape index (κ1) is 12.8. The molecular formula is C16H18FN. The van der Waals surface area contributed by atoms with Crippen molar-refractivity contribution in [2.75, 3.05) is 7.05 Å². The van der Waals surface area contributed by atoms with Gasteiger partial charge in [0.25, 0.3) is 0 Å². The predicted molar refractivity (Wildman–Crippen MR) is 73.2 cm³/mol. The average molecular weight is 243 g/mol. The Balaban J connectivity index is 2.38. The zero-order valence-electron chi connectivity index (χ0n) is 11.0. The first-order chi connectivity index (χ1) is 8.61. The summed E-state index contributed by atoms with van der Waals surface area (Å²) >= 11 is 0. The maximum atomic E-state index is 13.3. The summed E-state index contributed by atoms with van der Waals surface area (Å²) in [7, 11) is 1.92. The van der Waals surface area contributed by atoms with E-state index in [9.17, 15) is 4.39 Å². The molecule has 2 heteroatoms. The van der Waals surface area contributed by atoms with E-state index in [-0.39, 0.29) is 11.9 Å². The molecule has 2 aromatic carbocycles. The zero-order valence-corrected chi connectivity index (χ0v) is 11.0. The summed E-state index contributed by atoms with van der Waals surface area (Å²) in [6.07, 6.45) is 0. The van der Waals surface area contributed by atoms with Crippen molar-refractivity contribution in [1.82, 2.24) is 5.32 Å². The van der Waals surface area contributed by atoms with Crippen molar-refractivity contribution in [1.29, 1.82) is 0 Å². The van der Waals surface area contributed by atoms with E-state index in [1.807, 2.05) is 19.2 Å². The summed E-state index contributed by atoms with van der Waals surface area (Å²) < 4.78 is 13.3. The van der Waals surface area contributed by atoms with Crippen LogP contribution in [-0.4, -0.2) is 7.05 Å². The average Bonchev–Trinajstić information content (AvgIpc) is 2.37. The molecule has 1 N–H and O–H groups in total. The van der Waals surface area contributed by atoms with Crippen molar-refractivity contribution in [2.45, 2.75) is 19.9 Å². The smallest absolute Gasteiger partial charge is 0.126 e. The van der Waals surface area contributed by atoms with Crippen molar-refractivity contribution in [3.8, 4) is 0 Å². The Hall–Kier alpha value is -1.67. The molecule has 0 saturated carbocycles. The monoisotopic (exact) mass is 243 g/mol. The van der Waals surface area contributed by atoms with Crippen LogP contribution in [0.2, 0.25) is 0 Å². The van der Waals surface area contributed by atoms with Gasteiger partial charge in [0.2, 0.25) is 0 Å². The molecule has 1 atom stereocenters. The summed E-state index contributed by atoms with van der Waals surface area (Å²) in [4.78, 5) is 0. The highest BCUT2D eigenvalue weighted by atomic mass is 19.1. The van der Waals surface area contributed by atoms with Crippen LogP contribution in [0.3, 0.4) is 0 Å². The quantitative estimate of drug-likeness (QED) is 0.865. The number of halogens is 1. The number of hydrogen-bond donors (Lipinski definition) is 1. The van der Waals surface area contributed by atoms with Crippen LogP contribution in [0.25, 0.3) is 0 Å². The van der Waals surface area contributed by atoms with Crippen LogP contribution in [0.1, 0.15) is 28.3 Å². The Morgan fingerprint density at radius 2 is 1.56 bits per heavy atom. The molecule has 0 amide bonds. The second-order valence-electron chi connectivity index (χ2n) is 4.64. The molecule has 2 aromatic rings. The number of benzene rings is 2. The summed E-state index contributed by atoms with van der Waals surface area (Å²) in [5.74, 6) is -0.155. The van der Waals surface area contributed by atoms with Crippen LogP contribution < -0.4 is 5.32 Å². The van der Waals surface area contributed by atoms with Crippen LogP contribution >= 0.6 is 0 Å². The van der Waals surface area contributed by atoms with Gasteiger partial charge in [0.05, 0.1) is 6.04 Å². The Morgan fingerprint density at radius 3 is 2.11 bits per heavy atom. The normalized spacial score (nSPS) is 12.4. The summed E-state index contributed by atoms with van der Waals surface area (Å²) in [5.41, 5.74) is 4.19. The van der Waals surface area contributed by atoms with E-state index in [2.05, 4.69) is 36.5 Å². The van der Waals surface area contributed by atoms with Crippen molar-refractivity contribution >= 4 is 0 Å². The lowest BCUT2D eigenvalue weighted by molar-refractivity contribution is 0.614. The van der Waals surface area contributed by atoms with E-state index in [0.717, 1.165) is 5.56 Å². The summed E-state index contributed by atoms with van der Waals surface area (Å²) in [5, 5.41) is 3.28. The molecule has 1 unspecified atom stereocenters. The number of rotatable bonds is 3. The van der Waals surface area contributed by atoms with Gasteiger partial charge in [-0.2, -0.15) is 0 Å². The third-order valence-electron chi connectivity index (χ3n) is 3.21. The predicted octanol–water partition coefficient (Wildman–Crippen LogP) is 3.75. The Bertz CT molecular complexity index is 531. The second kappa shape index (κ2) is 5.32. The van der Waals surface area contributed by atoms with E-state index in [1.165, 1.54) is 17.2 Å². The number of aryl methyl sites for hydroxylation is 2. The molecule has 0 bridgehead atoms. The van der Waals surface area contributed by atoms with E-state index < -0.39 is 0 Å². The van der Waals surface area contributed by atoms with Gasteiger partial charge in [0, 0.05) is 0 Å². The van der Waals surface area contributed by atoms with Crippen molar-refractivity contribution in [3.05, 3.63) is 70.5 Å². The molecule has 0 fully saturated rings. The van der Waals surface area contributed by atoms with Crippen LogP contribution in [0.5, 0.6) is 0 Å². The second-order valence-corrected chi connectivity index (χ2v) is 4.64. The van der Waals surface area contributed by atoms with Gasteiger partial charge in [-0.05, 0) is 43.7 Å². The molecule has 18 heavy (non-hydrogen) atoms. The first-order valence-corrected chi connectivity index (χ1v) is 6.11. The van der Waals surface area contributed by atoms with E-state index in [1.54, 1.807) is 6.92 Å². The van der Waals surface area contributed by atoms with Gasteiger partial charge in [-0.15, -0.1) is 0 Å². The van der Waals surface area contributed by atoms with E-state index in [0.29, 0.717) is 5.56 Å². The SMILES string of the molecule is CNC(c1ccc(C)cc1)c1ccc(F)c(C)c1. The van der Waals surface area contributed by atoms with Gasteiger partial charge in [0.1, 0.15) is 5.82 Å². The zero-order chi connectivity index (χ0) is 13.1. The lowest BCUT2D eigenvalue weighted by Gasteiger charge is -2.18. The third-order valence-corrected chi connectivity index (χ3v) is 3.21. The Labute approximate surface area is 108 Å². The minimum atomic E-state index is -0.155. The highest BCUT2D eigenvalue weighted by Crippen LogP contribution is 2.23. The molecule has 1 nitrogen and oxygen atoms in total. The standard InChI is InChI=1S/C16H18FN/c1-11-4-6-13(7-5-11)16(18-3)14-8-9-15(17)12(2)10-14/h4-10,16,18H,1-3H3. The molecule has 94 valence electrons. The van der Waals surface area contributed by atoms with Gasteiger partial charge in [-0.1, -0.05) is 42.0 Å². The first-order valence-electron chi connectivity index (χ1n) is 6.11. The van der Waals surface area contributed by atoms with Crippen LogP contribution in [0, 0.1) is 19.7 Å². The summed E-state index contributed by atoms with van der Waals surface area (Å²) in [6, 6.07) is 13.8. The molecular weight excluding hydrogens is 225 g/mol. The Morgan fingerprint density at radius 1 is 0.944 bits per heavy atom. The lowest BCUT2D eigenvalue weighted by Crippen LogP contribution is -2.17. The molecule has 0 heterocycles. The topological polar surface area (TPSA) is 12.0 Å². The van der Waals surface area contributed by atoms with Crippen molar-refractivity contribution in [2.24, 2.45) is 0 Å². The van der Waals surface area contributed by atoms with Crippen molar-refractivity contribution < 1.29 is 4.39 Å². The van der Waals surface area contributed by atoms with Crippen LogP contribution in [0.4, 0.5) is 4.39 Å². The lowest BCUT2D eigenvalue weighted by atomic mass is 9.96. The molecule has 0 radical (unpaired) electrons. The maximum absolute atomic E-state index is 13.3. The highest BCUT2D eigenvalue weighted by Gasteiger charge is 2.12. The molecule has 0 spiro atoms. The minimum absolute atomic E-state index is 0.102. The fraction of sp³-hybridized carbons (Fsp3) is 0.250. The van der Waals surface area contributed by atoms with Gasteiger partial charge in [0.15, 0.2) is 0 Å². The molecule has 0 saturated heterocycles. The fourth-order valence-electron chi connectivity index (χ4n) is 2.13. The Kier molecular flexibility index (Phi) is 3.78. The van der Waals surface area contributed by atoms with Gasteiger partial charge < -0.3 is 5.32 Å². The highest BCUT2D eigenvalue weighted by molar-refractivity contribution is 5.35. The molecule has 0 aromatic heterocycles. The number of hydrogen-bond acceptors (Lipinski definition) is 1. The molecule has 2 rings (SSSR count). The van der Waals surface area contributed by atoms with Crippen LogP contribution in [-0.2, 0) is 0 Å². The molecule has 0 aliphatic rings. The van der Waals surface area contributed by atoms with Crippen LogP contribution in [0.15, 0.2) is 42.5 Å². The van der Waals surface area contributed by atoms with E-state index >= 15 is 0 Å².